The van der Waals surface area contributed by atoms with Crippen LogP contribution in [0.4, 0.5) is 18.9 Å². The Labute approximate surface area is 125 Å². The number of carbonyl (C=O) groups is 1. The van der Waals surface area contributed by atoms with Crippen molar-refractivity contribution in [3.63, 3.8) is 0 Å². The summed E-state index contributed by atoms with van der Waals surface area (Å²) in [7, 11) is 0. The first-order valence-corrected chi connectivity index (χ1v) is 6.62. The first kappa shape index (κ1) is 15.9. The number of hydrogen-bond acceptors (Lipinski definition) is 2. The zero-order chi connectivity index (χ0) is 16.2. The monoisotopic (exact) mass is 309 g/mol. The standard InChI is InChI=1S/C16H14F3NO2/c1-2-22-12-7-5-6-11(10-12)15(21)20-14-9-4-3-8-13(14)16(17,18)19/h3-10H,2H2,1H3,(H,20,21). The fourth-order valence-electron chi connectivity index (χ4n) is 1.93. The van der Waals surface area contributed by atoms with Crippen LogP contribution in [-0.4, -0.2) is 12.5 Å². The molecule has 0 atom stereocenters. The summed E-state index contributed by atoms with van der Waals surface area (Å²) >= 11 is 0. The van der Waals surface area contributed by atoms with Crippen molar-refractivity contribution in [2.75, 3.05) is 11.9 Å². The third kappa shape index (κ3) is 3.78. The van der Waals surface area contributed by atoms with Crippen LogP contribution in [0.1, 0.15) is 22.8 Å². The highest BCUT2D eigenvalue weighted by molar-refractivity contribution is 6.04. The summed E-state index contributed by atoms with van der Waals surface area (Å²) in [4.78, 5) is 12.1. The topological polar surface area (TPSA) is 38.3 Å². The minimum Gasteiger partial charge on any atom is -0.494 e. The summed E-state index contributed by atoms with van der Waals surface area (Å²) in [6, 6.07) is 11.1. The second kappa shape index (κ2) is 6.51. The van der Waals surface area contributed by atoms with Crippen LogP contribution in [0.5, 0.6) is 5.75 Å². The zero-order valence-electron chi connectivity index (χ0n) is 11.8. The number of amides is 1. The van der Waals surface area contributed by atoms with E-state index in [2.05, 4.69) is 5.32 Å². The highest BCUT2D eigenvalue weighted by Crippen LogP contribution is 2.34. The molecule has 0 heterocycles. The fourth-order valence-corrected chi connectivity index (χ4v) is 1.93. The molecule has 1 N–H and O–H groups in total. The molecule has 2 rings (SSSR count). The smallest absolute Gasteiger partial charge is 0.418 e. The molecular formula is C16H14F3NO2. The summed E-state index contributed by atoms with van der Waals surface area (Å²) in [6.07, 6.45) is -4.53. The van der Waals surface area contributed by atoms with Gasteiger partial charge >= 0.3 is 6.18 Å². The van der Waals surface area contributed by atoms with Crippen molar-refractivity contribution in [2.45, 2.75) is 13.1 Å². The molecule has 0 saturated heterocycles. The highest BCUT2D eigenvalue weighted by Gasteiger charge is 2.33. The molecule has 2 aromatic rings. The van der Waals surface area contributed by atoms with Crippen molar-refractivity contribution in [3.05, 3.63) is 59.7 Å². The van der Waals surface area contributed by atoms with Crippen molar-refractivity contribution < 1.29 is 22.7 Å². The first-order chi connectivity index (χ1) is 10.4. The lowest BCUT2D eigenvalue weighted by atomic mass is 10.1. The Bertz CT molecular complexity index is 668. The van der Waals surface area contributed by atoms with E-state index in [1.807, 2.05) is 0 Å². The van der Waals surface area contributed by atoms with Gasteiger partial charge in [-0.2, -0.15) is 13.2 Å². The number of para-hydroxylation sites is 1. The number of hydrogen-bond donors (Lipinski definition) is 1. The van der Waals surface area contributed by atoms with Crippen LogP contribution < -0.4 is 10.1 Å². The highest BCUT2D eigenvalue weighted by atomic mass is 19.4. The molecule has 0 aliphatic rings. The molecule has 0 radical (unpaired) electrons. The molecule has 0 aromatic heterocycles. The van der Waals surface area contributed by atoms with Crippen molar-refractivity contribution >= 4 is 11.6 Å². The Morgan fingerprint density at radius 1 is 1.14 bits per heavy atom. The molecule has 0 bridgehead atoms. The molecule has 1 amide bonds. The summed E-state index contributed by atoms with van der Waals surface area (Å²) < 4.78 is 43.9. The number of nitrogens with one attached hydrogen (secondary N) is 1. The molecule has 6 heteroatoms. The van der Waals surface area contributed by atoms with Crippen molar-refractivity contribution in [2.24, 2.45) is 0 Å². The van der Waals surface area contributed by atoms with E-state index >= 15 is 0 Å². The van der Waals surface area contributed by atoms with Gasteiger partial charge in [-0.05, 0) is 37.3 Å². The second-order valence-electron chi connectivity index (χ2n) is 4.46. The van der Waals surface area contributed by atoms with E-state index in [4.69, 9.17) is 4.74 Å². The molecule has 0 aliphatic heterocycles. The summed E-state index contributed by atoms with van der Waals surface area (Å²) in [6.45, 7) is 2.23. The average molecular weight is 309 g/mol. The zero-order valence-corrected chi connectivity index (χ0v) is 11.8. The molecule has 3 nitrogen and oxygen atoms in total. The van der Waals surface area contributed by atoms with Gasteiger partial charge in [0.1, 0.15) is 5.75 Å². The molecule has 0 saturated carbocycles. The Balaban J connectivity index is 2.24. The molecule has 0 fully saturated rings. The van der Waals surface area contributed by atoms with Gasteiger partial charge in [0.05, 0.1) is 17.9 Å². The number of carbonyl (C=O) groups excluding carboxylic acids is 1. The van der Waals surface area contributed by atoms with Gasteiger partial charge in [-0.15, -0.1) is 0 Å². The van der Waals surface area contributed by atoms with E-state index < -0.39 is 17.6 Å². The van der Waals surface area contributed by atoms with Crippen LogP contribution in [0.15, 0.2) is 48.5 Å². The van der Waals surface area contributed by atoms with E-state index in [0.29, 0.717) is 12.4 Å². The fraction of sp³-hybridized carbons (Fsp3) is 0.188. The number of alkyl halides is 3. The predicted octanol–water partition coefficient (Wildman–Crippen LogP) is 4.36. The molecule has 0 aliphatic carbocycles. The van der Waals surface area contributed by atoms with E-state index in [0.717, 1.165) is 6.07 Å². The molecule has 2 aromatic carbocycles. The lowest BCUT2D eigenvalue weighted by Gasteiger charge is -2.13. The molecule has 22 heavy (non-hydrogen) atoms. The molecule has 0 unspecified atom stereocenters. The van der Waals surface area contributed by atoms with Crippen LogP contribution >= 0.6 is 0 Å². The second-order valence-corrected chi connectivity index (χ2v) is 4.46. The van der Waals surface area contributed by atoms with Gasteiger partial charge in [0.25, 0.3) is 5.91 Å². The first-order valence-electron chi connectivity index (χ1n) is 6.62. The molecule has 116 valence electrons. The predicted molar refractivity (Wildman–Crippen MR) is 77.0 cm³/mol. The van der Waals surface area contributed by atoms with E-state index in [1.54, 1.807) is 19.1 Å². The van der Waals surface area contributed by atoms with Gasteiger partial charge in [-0.3, -0.25) is 4.79 Å². The van der Waals surface area contributed by atoms with Gasteiger partial charge in [-0.25, -0.2) is 0 Å². The maximum Gasteiger partial charge on any atom is 0.418 e. The number of benzene rings is 2. The van der Waals surface area contributed by atoms with Crippen LogP contribution in [0.25, 0.3) is 0 Å². The average Bonchev–Trinajstić information content (AvgIpc) is 2.47. The van der Waals surface area contributed by atoms with Crippen LogP contribution in [-0.2, 0) is 6.18 Å². The Hall–Kier alpha value is -2.50. The lowest BCUT2D eigenvalue weighted by Crippen LogP contribution is -2.16. The number of ether oxygens (including phenoxy) is 1. The molecule has 0 spiro atoms. The summed E-state index contributed by atoms with van der Waals surface area (Å²) in [5.74, 6) is -0.141. The van der Waals surface area contributed by atoms with Crippen LogP contribution in [0.3, 0.4) is 0 Å². The van der Waals surface area contributed by atoms with Crippen LogP contribution in [0, 0.1) is 0 Å². The van der Waals surface area contributed by atoms with Gasteiger partial charge in [0.15, 0.2) is 0 Å². The van der Waals surface area contributed by atoms with Gasteiger partial charge in [0, 0.05) is 5.56 Å². The van der Waals surface area contributed by atoms with E-state index in [9.17, 15) is 18.0 Å². The Morgan fingerprint density at radius 2 is 1.86 bits per heavy atom. The molecular weight excluding hydrogens is 295 g/mol. The van der Waals surface area contributed by atoms with Crippen molar-refractivity contribution in [1.29, 1.82) is 0 Å². The Morgan fingerprint density at radius 3 is 2.55 bits per heavy atom. The minimum atomic E-state index is -4.53. The third-order valence-corrected chi connectivity index (χ3v) is 2.89. The Kier molecular flexibility index (Phi) is 4.70. The number of halogens is 3. The SMILES string of the molecule is CCOc1cccc(C(=O)Nc2ccccc2C(F)(F)F)c1. The quantitative estimate of drug-likeness (QED) is 0.911. The lowest BCUT2D eigenvalue weighted by molar-refractivity contribution is -0.136. The summed E-state index contributed by atoms with van der Waals surface area (Å²) in [5, 5.41) is 2.29. The van der Waals surface area contributed by atoms with Gasteiger partial charge in [-0.1, -0.05) is 18.2 Å². The minimum absolute atomic E-state index is 0.225. The largest absolute Gasteiger partial charge is 0.494 e. The van der Waals surface area contributed by atoms with Crippen molar-refractivity contribution in [3.8, 4) is 5.75 Å². The normalized spacial score (nSPS) is 11.1. The third-order valence-electron chi connectivity index (χ3n) is 2.89. The van der Waals surface area contributed by atoms with Crippen molar-refractivity contribution in [1.82, 2.24) is 0 Å². The van der Waals surface area contributed by atoms with E-state index in [1.165, 1.54) is 30.3 Å². The summed E-state index contributed by atoms with van der Waals surface area (Å²) in [5.41, 5.74) is -0.936. The number of anilines is 1. The maximum atomic E-state index is 12.9. The van der Waals surface area contributed by atoms with Gasteiger partial charge in [0.2, 0.25) is 0 Å². The van der Waals surface area contributed by atoms with Gasteiger partial charge < -0.3 is 10.1 Å². The van der Waals surface area contributed by atoms with Crippen LogP contribution in [0.2, 0.25) is 0 Å². The number of rotatable bonds is 4. The maximum absolute atomic E-state index is 12.9. The van der Waals surface area contributed by atoms with E-state index in [-0.39, 0.29) is 11.3 Å².